The van der Waals surface area contributed by atoms with Crippen LogP contribution < -0.4 is 4.74 Å². The summed E-state index contributed by atoms with van der Waals surface area (Å²) < 4.78 is 20.0. The molecule has 110 valence electrons. The van der Waals surface area contributed by atoms with Crippen LogP contribution >= 0.6 is 23.2 Å². The molecule has 21 heavy (non-hydrogen) atoms. The molecule has 0 amide bonds. The van der Waals surface area contributed by atoms with Crippen molar-refractivity contribution >= 4 is 23.2 Å². The number of hydrogen-bond donors (Lipinski definition) is 0. The van der Waals surface area contributed by atoms with Crippen LogP contribution in [0.15, 0.2) is 30.3 Å². The number of hydrogen-bond acceptors (Lipinski definition) is 1. The van der Waals surface area contributed by atoms with Gasteiger partial charge in [-0.2, -0.15) is 0 Å². The van der Waals surface area contributed by atoms with Crippen molar-refractivity contribution in [1.82, 2.24) is 0 Å². The maximum Gasteiger partial charge on any atom is 0.131 e. The van der Waals surface area contributed by atoms with E-state index in [1.807, 2.05) is 0 Å². The van der Waals surface area contributed by atoms with Gasteiger partial charge >= 0.3 is 0 Å². The Morgan fingerprint density at radius 3 is 2.48 bits per heavy atom. The van der Waals surface area contributed by atoms with E-state index in [2.05, 4.69) is 13.8 Å². The van der Waals surface area contributed by atoms with Crippen molar-refractivity contribution in [3.63, 3.8) is 0 Å². The number of ether oxygens (including phenoxy) is 1. The van der Waals surface area contributed by atoms with Crippen LogP contribution in [0.25, 0.3) is 11.1 Å². The largest absolute Gasteiger partial charge is 0.489 e. The Balaban J connectivity index is 2.18. The summed E-state index contributed by atoms with van der Waals surface area (Å²) in [5.74, 6) is 0.757. The van der Waals surface area contributed by atoms with Crippen molar-refractivity contribution in [2.24, 2.45) is 5.92 Å². The minimum atomic E-state index is -0.298. The lowest BCUT2D eigenvalue weighted by molar-refractivity contribution is 0.179. The van der Waals surface area contributed by atoms with Crippen LogP contribution in [0.5, 0.6) is 5.75 Å². The van der Waals surface area contributed by atoms with E-state index in [0.29, 0.717) is 39.3 Å². The lowest BCUT2D eigenvalue weighted by atomic mass is 9.98. The quantitative estimate of drug-likeness (QED) is 0.682. The molecule has 2 aromatic rings. The molecule has 0 aromatic heterocycles. The Hall–Kier alpha value is -1.25. The number of fused-ring (bicyclic) bond motifs is 1. The van der Waals surface area contributed by atoms with E-state index in [0.717, 1.165) is 5.56 Å². The standard InChI is InChI=1S/C17H15Cl2FO/c1-9(2)15-7-10-6-11(20)8-12(17(10)21-15)16-13(18)4-3-5-14(16)19/h3-6,8-9,15H,7H2,1-2H3. The van der Waals surface area contributed by atoms with Gasteiger partial charge in [-0.1, -0.05) is 43.1 Å². The summed E-state index contributed by atoms with van der Waals surface area (Å²) in [6.07, 6.45) is 0.765. The van der Waals surface area contributed by atoms with Crippen LogP contribution in [-0.2, 0) is 6.42 Å². The molecule has 1 heterocycles. The zero-order chi connectivity index (χ0) is 15.1. The molecule has 0 N–H and O–H groups in total. The van der Waals surface area contributed by atoms with Gasteiger partial charge in [-0.3, -0.25) is 0 Å². The van der Waals surface area contributed by atoms with Crippen LogP contribution in [0, 0.1) is 11.7 Å². The number of halogens is 3. The van der Waals surface area contributed by atoms with E-state index in [1.54, 1.807) is 18.2 Å². The van der Waals surface area contributed by atoms with Gasteiger partial charge in [0, 0.05) is 23.1 Å². The summed E-state index contributed by atoms with van der Waals surface area (Å²) in [5.41, 5.74) is 2.13. The van der Waals surface area contributed by atoms with Crippen molar-refractivity contribution in [3.8, 4) is 16.9 Å². The molecule has 1 nitrogen and oxygen atoms in total. The van der Waals surface area contributed by atoms with Crippen LogP contribution in [0.4, 0.5) is 4.39 Å². The Morgan fingerprint density at radius 1 is 1.19 bits per heavy atom. The number of rotatable bonds is 2. The summed E-state index contributed by atoms with van der Waals surface area (Å²) in [7, 11) is 0. The van der Waals surface area contributed by atoms with Gasteiger partial charge in [0.05, 0.1) is 10.0 Å². The van der Waals surface area contributed by atoms with Gasteiger partial charge in [-0.15, -0.1) is 0 Å². The molecule has 0 spiro atoms. The third kappa shape index (κ3) is 2.63. The summed E-state index contributed by atoms with van der Waals surface area (Å²) >= 11 is 12.5. The average molecular weight is 325 g/mol. The predicted octanol–water partition coefficient (Wildman–Crippen LogP) is 5.76. The first kappa shape index (κ1) is 14.7. The first-order chi connectivity index (χ1) is 9.97. The lowest BCUT2D eigenvalue weighted by Crippen LogP contribution is -2.19. The summed E-state index contributed by atoms with van der Waals surface area (Å²) in [4.78, 5) is 0. The second kappa shape index (κ2) is 5.51. The van der Waals surface area contributed by atoms with Gasteiger partial charge in [-0.25, -0.2) is 4.39 Å². The maximum absolute atomic E-state index is 14.0. The Labute approximate surface area is 133 Å². The normalized spacial score (nSPS) is 17.0. The molecule has 0 aliphatic carbocycles. The zero-order valence-corrected chi connectivity index (χ0v) is 13.3. The van der Waals surface area contributed by atoms with Crippen molar-refractivity contribution in [2.75, 3.05) is 0 Å². The smallest absolute Gasteiger partial charge is 0.131 e. The van der Waals surface area contributed by atoms with E-state index in [1.165, 1.54) is 12.1 Å². The molecule has 0 radical (unpaired) electrons. The minimum Gasteiger partial charge on any atom is -0.489 e. The minimum absolute atomic E-state index is 0.0572. The van der Waals surface area contributed by atoms with Gasteiger partial charge < -0.3 is 4.74 Å². The Bertz CT molecular complexity index is 677. The molecular formula is C17H15Cl2FO. The summed E-state index contributed by atoms with van der Waals surface area (Å²) in [6, 6.07) is 8.23. The lowest BCUT2D eigenvalue weighted by Gasteiger charge is -2.16. The third-order valence-corrected chi connectivity index (χ3v) is 4.43. The summed E-state index contributed by atoms with van der Waals surface area (Å²) in [6.45, 7) is 4.18. The van der Waals surface area contributed by atoms with Crippen LogP contribution in [0.3, 0.4) is 0 Å². The highest BCUT2D eigenvalue weighted by molar-refractivity contribution is 6.39. The molecule has 0 saturated carbocycles. The van der Waals surface area contributed by atoms with Crippen LogP contribution in [-0.4, -0.2) is 6.10 Å². The van der Waals surface area contributed by atoms with Crippen LogP contribution in [0.1, 0.15) is 19.4 Å². The second-order valence-corrected chi connectivity index (χ2v) is 6.46. The fourth-order valence-electron chi connectivity index (χ4n) is 2.66. The highest BCUT2D eigenvalue weighted by Gasteiger charge is 2.29. The summed E-state index contributed by atoms with van der Waals surface area (Å²) in [5, 5.41) is 0.985. The molecular weight excluding hydrogens is 310 g/mol. The van der Waals surface area contributed by atoms with E-state index in [-0.39, 0.29) is 11.9 Å². The molecule has 3 rings (SSSR count). The highest BCUT2D eigenvalue weighted by Crippen LogP contribution is 2.45. The fraction of sp³-hybridized carbons (Fsp3) is 0.294. The van der Waals surface area contributed by atoms with Crippen molar-refractivity contribution in [1.29, 1.82) is 0 Å². The molecule has 4 heteroatoms. The highest BCUT2D eigenvalue weighted by atomic mass is 35.5. The van der Waals surface area contributed by atoms with Gasteiger partial charge in [0.2, 0.25) is 0 Å². The third-order valence-electron chi connectivity index (χ3n) is 3.80. The van der Waals surface area contributed by atoms with Crippen molar-refractivity contribution < 1.29 is 9.13 Å². The van der Waals surface area contributed by atoms with Gasteiger partial charge in [0.25, 0.3) is 0 Å². The molecule has 1 aliphatic heterocycles. The molecule has 0 bridgehead atoms. The SMILES string of the molecule is CC(C)C1Cc2cc(F)cc(-c3c(Cl)cccc3Cl)c2O1. The van der Waals surface area contributed by atoms with E-state index in [4.69, 9.17) is 27.9 Å². The maximum atomic E-state index is 14.0. The second-order valence-electron chi connectivity index (χ2n) is 5.64. The molecule has 1 unspecified atom stereocenters. The first-order valence-electron chi connectivity index (χ1n) is 6.91. The molecule has 0 fully saturated rings. The average Bonchev–Trinajstić information content (AvgIpc) is 2.82. The molecule has 1 aliphatic rings. The zero-order valence-electron chi connectivity index (χ0n) is 11.8. The molecule has 1 atom stereocenters. The fourth-order valence-corrected chi connectivity index (χ4v) is 3.26. The van der Waals surface area contributed by atoms with Gasteiger partial charge in [-0.05, 0) is 30.2 Å². The van der Waals surface area contributed by atoms with Gasteiger partial charge in [0.15, 0.2) is 0 Å². The Morgan fingerprint density at radius 2 is 1.86 bits per heavy atom. The topological polar surface area (TPSA) is 9.23 Å². The molecule has 2 aromatic carbocycles. The van der Waals surface area contributed by atoms with Crippen molar-refractivity contribution in [2.45, 2.75) is 26.4 Å². The monoisotopic (exact) mass is 324 g/mol. The van der Waals surface area contributed by atoms with Crippen LogP contribution in [0.2, 0.25) is 10.0 Å². The molecule has 0 saturated heterocycles. The van der Waals surface area contributed by atoms with E-state index < -0.39 is 0 Å². The van der Waals surface area contributed by atoms with Crippen molar-refractivity contribution in [3.05, 3.63) is 51.8 Å². The van der Waals surface area contributed by atoms with E-state index >= 15 is 0 Å². The Kier molecular flexibility index (Phi) is 3.85. The predicted molar refractivity (Wildman–Crippen MR) is 84.8 cm³/mol. The van der Waals surface area contributed by atoms with Gasteiger partial charge in [0.1, 0.15) is 17.7 Å². The first-order valence-corrected chi connectivity index (χ1v) is 7.66. The number of benzene rings is 2. The van der Waals surface area contributed by atoms with E-state index in [9.17, 15) is 4.39 Å².